The molecule has 0 unspecified atom stereocenters. The fourth-order valence-electron chi connectivity index (χ4n) is 0.932. The molecule has 0 aliphatic rings. The van der Waals surface area contributed by atoms with E-state index < -0.39 is 0 Å². The number of amides is 1. The van der Waals surface area contributed by atoms with Crippen molar-refractivity contribution in [2.24, 2.45) is 0 Å². The summed E-state index contributed by atoms with van der Waals surface area (Å²) in [6.45, 7) is 3.96. The van der Waals surface area contributed by atoms with Crippen molar-refractivity contribution in [3.05, 3.63) is 45.9 Å². The minimum atomic E-state index is -0.167. The summed E-state index contributed by atoms with van der Waals surface area (Å²) in [5, 5.41) is 3.21. The van der Waals surface area contributed by atoms with Crippen molar-refractivity contribution in [3.63, 3.8) is 0 Å². The lowest BCUT2D eigenvalue weighted by molar-refractivity contribution is 0.0957. The van der Waals surface area contributed by atoms with Crippen LogP contribution in [-0.4, -0.2) is 12.5 Å². The number of benzene rings is 1. The van der Waals surface area contributed by atoms with Gasteiger partial charge >= 0.3 is 0 Å². The second-order valence-corrected chi connectivity index (χ2v) is 3.91. The normalized spacial score (nSPS) is 9.57. The number of carbonyl (C=O) groups is 1. The molecule has 14 heavy (non-hydrogen) atoms. The van der Waals surface area contributed by atoms with Crippen molar-refractivity contribution < 1.29 is 4.79 Å². The topological polar surface area (TPSA) is 29.1 Å². The number of hydrogen-bond donors (Lipinski definition) is 1. The van der Waals surface area contributed by atoms with Crippen LogP contribution in [0.1, 0.15) is 10.4 Å². The zero-order valence-corrected chi connectivity index (χ0v) is 9.73. The van der Waals surface area contributed by atoms with Crippen LogP contribution in [0.5, 0.6) is 0 Å². The third-order valence-electron chi connectivity index (χ3n) is 1.58. The Kier molecular flexibility index (Phi) is 4.17. The van der Waals surface area contributed by atoms with E-state index in [2.05, 4.69) is 27.8 Å². The van der Waals surface area contributed by atoms with E-state index in [1.165, 1.54) is 0 Å². The van der Waals surface area contributed by atoms with E-state index in [0.29, 0.717) is 17.1 Å². The molecule has 1 aromatic rings. The Morgan fingerprint density at radius 3 is 3.00 bits per heavy atom. The number of nitrogens with one attached hydrogen (secondary N) is 1. The Balaban J connectivity index is 2.88. The summed E-state index contributed by atoms with van der Waals surface area (Å²) in [5.74, 6) is -0.167. The summed E-state index contributed by atoms with van der Waals surface area (Å²) in [6, 6.07) is 5.07. The highest BCUT2D eigenvalue weighted by Gasteiger charge is 2.08. The van der Waals surface area contributed by atoms with Gasteiger partial charge in [0.15, 0.2) is 0 Å². The smallest absolute Gasteiger partial charge is 0.252 e. The van der Waals surface area contributed by atoms with E-state index in [-0.39, 0.29) is 5.91 Å². The molecule has 2 nitrogen and oxygen atoms in total. The van der Waals surface area contributed by atoms with Crippen LogP contribution >= 0.6 is 27.5 Å². The molecular formula is C10H9BrClNO. The molecule has 0 aliphatic carbocycles. The van der Waals surface area contributed by atoms with Crippen molar-refractivity contribution in [2.45, 2.75) is 0 Å². The molecule has 0 aliphatic heterocycles. The first-order valence-corrected chi connectivity index (χ1v) is 5.16. The first kappa shape index (κ1) is 11.3. The second kappa shape index (κ2) is 5.17. The average Bonchev–Trinajstić information content (AvgIpc) is 2.18. The largest absolute Gasteiger partial charge is 0.349 e. The van der Waals surface area contributed by atoms with Gasteiger partial charge in [-0.25, -0.2) is 0 Å². The molecule has 0 heterocycles. The molecule has 1 aromatic carbocycles. The van der Waals surface area contributed by atoms with Crippen LogP contribution in [0, 0.1) is 0 Å². The van der Waals surface area contributed by atoms with E-state index in [1.807, 2.05) is 0 Å². The molecule has 0 spiro atoms. The Morgan fingerprint density at radius 1 is 1.64 bits per heavy atom. The Morgan fingerprint density at radius 2 is 2.36 bits per heavy atom. The first-order valence-electron chi connectivity index (χ1n) is 3.99. The fourth-order valence-corrected chi connectivity index (χ4v) is 1.53. The third kappa shape index (κ3) is 2.86. The van der Waals surface area contributed by atoms with Gasteiger partial charge in [-0.1, -0.05) is 17.7 Å². The first-order chi connectivity index (χ1) is 6.65. The van der Waals surface area contributed by atoms with Gasteiger partial charge in [-0.05, 0) is 34.1 Å². The molecule has 0 saturated carbocycles. The molecule has 0 bridgehead atoms. The molecular weight excluding hydrogens is 265 g/mol. The van der Waals surface area contributed by atoms with Crippen LogP contribution in [0.4, 0.5) is 0 Å². The highest BCUT2D eigenvalue weighted by molar-refractivity contribution is 9.10. The van der Waals surface area contributed by atoms with Crippen LogP contribution in [0.15, 0.2) is 35.3 Å². The van der Waals surface area contributed by atoms with Crippen molar-refractivity contribution >= 4 is 33.4 Å². The second-order valence-electron chi connectivity index (χ2n) is 2.62. The maximum atomic E-state index is 11.5. The van der Waals surface area contributed by atoms with Gasteiger partial charge in [0.2, 0.25) is 0 Å². The fraction of sp³-hybridized carbons (Fsp3) is 0.100. The predicted molar refractivity (Wildman–Crippen MR) is 61.7 cm³/mol. The van der Waals surface area contributed by atoms with Crippen LogP contribution in [-0.2, 0) is 0 Å². The van der Waals surface area contributed by atoms with Gasteiger partial charge in [0.05, 0.1) is 5.56 Å². The molecule has 1 rings (SSSR count). The lowest BCUT2D eigenvalue weighted by Crippen LogP contribution is -2.23. The quantitative estimate of drug-likeness (QED) is 0.844. The standard InChI is InChI=1S/C10H9BrClNO/c1-2-5-13-10(14)8-6-7(12)3-4-9(8)11/h2-4,6H,1,5H2,(H,13,14). The molecule has 4 heteroatoms. The summed E-state index contributed by atoms with van der Waals surface area (Å²) < 4.78 is 0.725. The molecule has 0 radical (unpaired) electrons. The SMILES string of the molecule is C=CCNC(=O)c1cc(Cl)ccc1Br. The molecule has 74 valence electrons. The monoisotopic (exact) mass is 273 g/mol. The Labute approximate surface area is 96.1 Å². The van der Waals surface area contributed by atoms with Crippen LogP contribution in [0.25, 0.3) is 0 Å². The Hall–Kier alpha value is -0.800. The Bertz CT molecular complexity index is 365. The van der Waals surface area contributed by atoms with Crippen LogP contribution in [0.2, 0.25) is 5.02 Å². The predicted octanol–water partition coefficient (Wildman–Crippen LogP) is 3.02. The molecule has 0 aromatic heterocycles. The average molecular weight is 275 g/mol. The lowest BCUT2D eigenvalue weighted by atomic mass is 10.2. The van der Waals surface area contributed by atoms with Gasteiger partial charge < -0.3 is 5.32 Å². The van der Waals surface area contributed by atoms with E-state index >= 15 is 0 Å². The lowest BCUT2D eigenvalue weighted by Gasteiger charge is -2.04. The van der Waals surface area contributed by atoms with Crippen molar-refractivity contribution in [2.75, 3.05) is 6.54 Å². The third-order valence-corrected chi connectivity index (χ3v) is 2.51. The molecule has 1 amide bonds. The van der Waals surface area contributed by atoms with Gasteiger partial charge in [0, 0.05) is 16.0 Å². The number of rotatable bonds is 3. The summed E-state index contributed by atoms with van der Waals surface area (Å²) in [6.07, 6.45) is 1.62. The summed E-state index contributed by atoms with van der Waals surface area (Å²) in [5.41, 5.74) is 0.527. The highest BCUT2D eigenvalue weighted by atomic mass is 79.9. The van der Waals surface area contributed by atoms with Gasteiger partial charge in [-0.3, -0.25) is 4.79 Å². The summed E-state index contributed by atoms with van der Waals surface area (Å²) >= 11 is 9.05. The molecule has 0 saturated heterocycles. The van der Waals surface area contributed by atoms with Crippen LogP contribution in [0.3, 0.4) is 0 Å². The van der Waals surface area contributed by atoms with E-state index in [0.717, 1.165) is 4.47 Å². The van der Waals surface area contributed by atoms with Gasteiger partial charge in [0.1, 0.15) is 0 Å². The van der Waals surface area contributed by atoms with Crippen molar-refractivity contribution in [1.29, 1.82) is 0 Å². The van der Waals surface area contributed by atoms with E-state index in [4.69, 9.17) is 11.6 Å². The minimum Gasteiger partial charge on any atom is -0.349 e. The molecule has 0 fully saturated rings. The minimum absolute atomic E-state index is 0.167. The maximum absolute atomic E-state index is 11.5. The zero-order chi connectivity index (χ0) is 10.6. The highest BCUT2D eigenvalue weighted by Crippen LogP contribution is 2.20. The molecule has 0 atom stereocenters. The number of halogens is 2. The van der Waals surface area contributed by atoms with E-state index in [9.17, 15) is 4.79 Å². The van der Waals surface area contributed by atoms with E-state index in [1.54, 1.807) is 24.3 Å². The summed E-state index contributed by atoms with van der Waals surface area (Å²) in [4.78, 5) is 11.5. The van der Waals surface area contributed by atoms with Gasteiger partial charge in [0.25, 0.3) is 5.91 Å². The van der Waals surface area contributed by atoms with Crippen LogP contribution < -0.4 is 5.32 Å². The maximum Gasteiger partial charge on any atom is 0.252 e. The number of carbonyl (C=O) groups excluding carboxylic acids is 1. The van der Waals surface area contributed by atoms with Crippen molar-refractivity contribution in [1.82, 2.24) is 5.32 Å². The number of hydrogen-bond acceptors (Lipinski definition) is 1. The van der Waals surface area contributed by atoms with Crippen molar-refractivity contribution in [3.8, 4) is 0 Å². The molecule has 1 N–H and O–H groups in total. The van der Waals surface area contributed by atoms with Gasteiger partial charge in [-0.15, -0.1) is 6.58 Å². The van der Waals surface area contributed by atoms with Gasteiger partial charge in [-0.2, -0.15) is 0 Å². The zero-order valence-electron chi connectivity index (χ0n) is 7.39. The summed E-state index contributed by atoms with van der Waals surface area (Å²) in [7, 11) is 0.